The number of aromatic nitrogens is 1. The molecule has 0 spiro atoms. The molecule has 2 rings (SSSR count). The first-order valence-corrected chi connectivity index (χ1v) is 8.06. The number of hydrogen-bond donors (Lipinski definition) is 0. The number of benzene rings is 1. The minimum atomic E-state index is 0.0227. The lowest BCUT2D eigenvalue weighted by Gasteiger charge is -2.17. The van der Waals surface area contributed by atoms with Crippen LogP contribution in [0.4, 0.5) is 0 Å². The predicted octanol–water partition coefficient (Wildman–Crippen LogP) is 3.49. The third-order valence-electron chi connectivity index (χ3n) is 3.04. The summed E-state index contributed by atoms with van der Waals surface area (Å²) in [6.07, 6.45) is 1.67. The molecule has 1 amide bonds. The van der Waals surface area contributed by atoms with Crippen molar-refractivity contribution >= 4 is 29.3 Å². The fourth-order valence-electron chi connectivity index (χ4n) is 1.85. The van der Waals surface area contributed by atoms with Crippen LogP contribution in [0.2, 0.25) is 5.02 Å². The van der Waals surface area contributed by atoms with Gasteiger partial charge in [0.2, 0.25) is 5.91 Å². The molecule has 0 aliphatic heterocycles. The largest absolute Gasteiger partial charge is 0.497 e. The number of halogens is 1. The molecule has 0 unspecified atom stereocenters. The highest BCUT2D eigenvalue weighted by Crippen LogP contribution is 2.24. The Morgan fingerprint density at radius 3 is 2.91 bits per heavy atom. The number of thioether (sulfide) groups is 1. The van der Waals surface area contributed by atoms with Crippen molar-refractivity contribution in [3.8, 4) is 5.75 Å². The first kappa shape index (κ1) is 16.6. The molecule has 0 N–H and O–H groups in total. The van der Waals surface area contributed by atoms with Gasteiger partial charge in [0.05, 0.1) is 17.9 Å². The molecular formula is C16H17ClN2O2S. The SMILES string of the molecule is COc1cccc(CN(C)C(=O)CSc2ncccc2Cl)c1. The highest BCUT2D eigenvalue weighted by Gasteiger charge is 2.12. The lowest BCUT2D eigenvalue weighted by Crippen LogP contribution is -2.27. The maximum atomic E-state index is 12.2. The van der Waals surface area contributed by atoms with Crippen molar-refractivity contribution in [1.82, 2.24) is 9.88 Å². The fourth-order valence-corrected chi connectivity index (χ4v) is 2.96. The molecule has 0 fully saturated rings. The molecular weight excluding hydrogens is 320 g/mol. The standard InChI is InChI=1S/C16H17ClN2O2S/c1-19(10-12-5-3-6-13(9-12)21-2)15(20)11-22-16-14(17)7-4-8-18-16/h3-9H,10-11H2,1-2H3. The minimum absolute atomic E-state index is 0.0227. The number of methoxy groups -OCH3 is 1. The van der Waals surface area contributed by atoms with E-state index >= 15 is 0 Å². The molecule has 1 heterocycles. The molecule has 0 aliphatic carbocycles. The van der Waals surface area contributed by atoms with E-state index in [0.717, 1.165) is 11.3 Å². The van der Waals surface area contributed by atoms with Gasteiger partial charge in [-0.3, -0.25) is 4.79 Å². The number of ether oxygens (including phenoxy) is 1. The van der Waals surface area contributed by atoms with Gasteiger partial charge in [0, 0.05) is 19.8 Å². The number of hydrogen-bond acceptors (Lipinski definition) is 4. The average molecular weight is 337 g/mol. The summed E-state index contributed by atoms with van der Waals surface area (Å²) in [6.45, 7) is 0.534. The summed E-state index contributed by atoms with van der Waals surface area (Å²) < 4.78 is 5.18. The monoisotopic (exact) mass is 336 g/mol. The smallest absolute Gasteiger partial charge is 0.233 e. The van der Waals surface area contributed by atoms with E-state index in [4.69, 9.17) is 16.3 Å². The lowest BCUT2D eigenvalue weighted by atomic mass is 10.2. The Balaban J connectivity index is 1.90. The van der Waals surface area contributed by atoms with Gasteiger partial charge in [0.15, 0.2) is 0 Å². The van der Waals surface area contributed by atoms with Gasteiger partial charge >= 0.3 is 0 Å². The number of amides is 1. The molecule has 4 nitrogen and oxygen atoms in total. The van der Waals surface area contributed by atoms with E-state index in [1.165, 1.54) is 11.8 Å². The number of carbonyl (C=O) groups excluding carboxylic acids is 1. The van der Waals surface area contributed by atoms with Crippen LogP contribution in [0.5, 0.6) is 5.75 Å². The van der Waals surface area contributed by atoms with Crippen LogP contribution >= 0.6 is 23.4 Å². The molecule has 1 aromatic carbocycles. The Morgan fingerprint density at radius 2 is 2.18 bits per heavy atom. The summed E-state index contributed by atoms with van der Waals surface area (Å²) in [5.74, 6) is 1.11. The van der Waals surface area contributed by atoms with Crippen molar-refractivity contribution in [2.75, 3.05) is 19.9 Å². The van der Waals surface area contributed by atoms with Gasteiger partial charge in [-0.1, -0.05) is 35.5 Å². The van der Waals surface area contributed by atoms with Crippen molar-refractivity contribution < 1.29 is 9.53 Å². The second-order valence-electron chi connectivity index (χ2n) is 4.68. The van der Waals surface area contributed by atoms with Gasteiger partial charge < -0.3 is 9.64 Å². The Morgan fingerprint density at radius 1 is 1.36 bits per heavy atom. The molecule has 0 aliphatic rings. The third kappa shape index (κ3) is 4.64. The van der Waals surface area contributed by atoms with Crippen LogP contribution in [0.25, 0.3) is 0 Å². The third-order valence-corrected chi connectivity index (χ3v) is 4.44. The molecule has 116 valence electrons. The van der Waals surface area contributed by atoms with Crippen LogP contribution in [0.15, 0.2) is 47.6 Å². The average Bonchev–Trinajstić information content (AvgIpc) is 2.54. The molecule has 0 radical (unpaired) electrons. The maximum absolute atomic E-state index is 12.2. The zero-order chi connectivity index (χ0) is 15.9. The predicted molar refractivity (Wildman–Crippen MR) is 89.4 cm³/mol. The number of rotatable bonds is 6. The summed E-state index contributed by atoms with van der Waals surface area (Å²) in [4.78, 5) is 18.0. The second-order valence-corrected chi connectivity index (χ2v) is 6.05. The van der Waals surface area contributed by atoms with E-state index in [2.05, 4.69) is 4.98 Å². The van der Waals surface area contributed by atoms with Gasteiger partial charge in [-0.05, 0) is 29.8 Å². The second kappa shape index (κ2) is 8.06. The van der Waals surface area contributed by atoms with Crippen molar-refractivity contribution in [3.63, 3.8) is 0 Å². The molecule has 0 saturated carbocycles. The van der Waals surface area contributed by atoms with Crippen molar-refractivity contribution in [3.05, 3.63) is 53.2 Å². The lowest BCUT2D eigenvalue weighted by molar-refractivity contribution is -0.127. The van der Waals surface area contributed by atoms with Crippen LogP contribution in [-0.2, 0) is 11.3 Å². The van der Waals surface area contributed by atoms with Crippen molar-refractivity contribution in [2.45, 2.75) is 11.6 Å². The van der Waals surface area contributed by atoms with E-state index in [1.807, 2.05) is 24.3 Å². The first-order chi connectivity index (χ1) is 10.6. The first-order valence-electron chi connectivity index (χ1n) is 6.70. The Bertz CT molecular complexity index is 652. The van der Waals surface area contributed by atoms with Gasteiger partial charge in [0.1, 0.15) is 10.8 Å². The van der Waals surface area contributed by atoms with Gasteiger partial charge in [0.25, 0.3) is 0 Å². The molecule has 0 saturated heterocycles. The summed E-state index contributed by atoms with van der Waals surface area (Å²) in [5.41, 5.74) is 1.02. The van der Waals surface area contributed by atoms with Crippen LogP contribution in [0.3, 0.4) is 0 Å². The quantitative estimate of drug-likeness (QED) is 0.757. The molecule has 22 heavy (non-hydrogen) atoms. The summed E-state index contributed by atoms with van der Waals surface area (Å²) >= 11 is 7.37. The van der Waals surface area contributed by atoms with Gasteiger partial charge in [-0.25, -0.2) is 4.98 Å². The van der Waals surface area contributed by atoms with E-state index in [0.29, 0.717) is 22.3 Å². The van der Waals surface area contributed by atoms with E-state index in [-0.39, 0.29) is 5.91 Å². The zero-order valence-corrected chi connectivity index (χ0v) is 14.0. The normalized spacial score (nSPS) is 10.3. The van der Waals surface area contributed by atoms with E-state index in [9.17, 15) is 4.79 Å². The minimum Gasteiger partial charge on any atom is -0.497 e. The van der Waals surface area contributed by atoms with Crippen LogP contribution in [0, 0.1) is 0 Å². The van der Waals surface area contributed by atoms with Crippen LogP contribution < -0.4 is 4.74 Å². The molecule has 0 atom stereocenters. The topological polar surface area (TPSA) is 42.4 Å². The summed E-state index contributed by atoms with van der Waals surface area (Å²) in [7, 11) is 3.41. The van der Waals surface area contributed by atoms with Gasteiger partial charge in [-0.15, -0.1) is 0 Å². The Kier molecular flexibility index (Phi) is 6.10. The molecule has 1 aromatic heterocycles. The van der Waals surface area contributed by atoms with Crippen LogP contribution in [0.1, 0.15) is 5.56 Å². The fraction of sp³-hybridized carbons (Fsp3) is 0.250. The summed E-state index contributed by atoms with van der Waals surface area (Å²) in [5, 5.41) is 1.24. The molecule has 2 aromatic rings. The highest BCUT2D eigenvalue weighted by atomic mass is 35.5. The van der Waals surface area contributed by atoms with E-state index < -0.39 is 0 Å². The molecule has 6 heteroatoms. The zero-order valence-electron chi connectivity index (χ0n) is 12.5. The number of carbonyl (C=O) groups is 1. The van der Waals surface area contributed by atoms with Crippen molar-refractivity contribution in [2.24, 2.45) is 0 Å². The maximum Gasteiger partial charge on any atom is 0.233 e. The van der Waals surface area contributed by atoms with E-state index in [1.54, 1.807) is 37.4 Å². The number of pyridine rings is 1. The highest BCUT2D eigenvalue weighted by molar-refractivity contribution is 8.00. The summed E-state index contributed by atoms with van der Waals surface area (Å²) in [6, 6.07) is 11.2. The molecule has 0 bridgehead atoms. The van der Waals surface area contributed by atoms with Crippen molar-refractivity contribution in [1.29, 1.82) is 0 Å². The Hall–Kier alpha value is -1.72. The Labute approximate surface area is 139 Å². The van der Waals surface area contributed by atoms with Gasteiger partial charge in [-0.2, -0.15) is 0 Å². The van der Waals surface area contributed by atoms with Crippen LogP contribution in [-0.4, -0.2) is 35.7 Å². The number of nitrogens with zero attached hydrogens (tertiary/aromatic N) is 2.